The van der Waals surface area contributed by atoms with E-state index in [1.165, 1.54) is 17.0 Å². The molecule has 0 aliphatic carbocycles. The van der Waals surface area contributed by atoms with E-state index in [0.717, 1.165) is 12.8 Å². The van der Waals surface area contributed by atoms with E-state index in [1.54, 1.807) is 0 Å². The van der Waals surface area contributed by atoms with Gasteiger partial charge in [-0.15, -0.1) is 0 Å². The van der Waals surface area contributed by atoms with Crippen molar-refractivity contribution in [3.8, 4) is 0 Å². The Labute approximate surface area is 92.0 Å². The second-order valence-corrected chi connectivity index (χ2v) is 4.11. The second kappa shape index (κ2) is 4.15. The molecule has 1 aromatic rings. The highest BCUT2D eigenvalue weighted by Crippen LogP contribution is 2.42. The summed E-state index contributed by atoms with van der Waals surface area (Å²) in [5.74, 6) is 0. The molecular formula is C13H20N2. The first-order valence-electron chi connectivity index (χ1n) is 5.40. The third-order valence-corrected chi connectivity index (χ3v) is 3.43. The van der Waals surface area contributed by atoms with Crippen LogP contribution in [-0.4, -0.2) is 5.71 Å². The van der Waals surface area contributed by atoms with Crippen molar-refractivity contribution in [3.63, 3.8) is 0 Å². The van der Waals surface area contributed by atoms with Gasteiger partial charge < -0.3 is 6.15 Å². The van der Waals surface area contributed by atoms with Gasteiger partial charge in [0, 0.05) is 11.1 Å². The lowest BCUT2D eigenvalue weighted by molar-refractivity contribution is 0.617. The Bertz CT molecular complexity index is 382. The molecule has 1 aliphatic rings. The van der Waals surface area contributed by atoms with E-state index in [-0.39, 0.29) is 11.6 Å². The molecule has 1 aliphatic heterocycles. The molecule has 82 valence electrons. The van der Waals surface area contributed by atoms with Gasteiger partial charge in [0.2, 0.25) is 0 Å². The summed E-state index contributed by atoms with van der Waals surface area (Å²) in [5, 5.41) is 0. The van der Waals surface area contributed by atoms with Crippen molar-refractivity contribution < 1.29 is 0 Å². The molecule has 2 nitrogen and oxygen atoms in total. The molecule has 0 bridgehead atoms. The summed E-state index contributed by atoms with van der Waals surface area (Å²) in [5.41, 5.74) is 4.10. The molecule has 15 heavy (non-hydrogen) atoms. The molecule has 0 spiro atoms. The van der Waals surface area contributed by atoms with Gasteiger partial charge in [0.1, 0.15) is 0 Å². The maximum absolute atomic E-state index is 4.71. The van der Waals surface area contributed by atoms with Gasteiger partial charge in [0.25, 0.3) is 0 Å². The molecule has 0 saturated carbocycles. The van der Waals surface area contributed by atoms with Crippen LogP contribution in [0.4, 0.5) is 5.69 Å². The molecular weight excluding hydrogens is 184 g/mol. The second-order valence-electron chi connectivity index (χ2n) is 4.11. The molecule has 2 rings (SSSR count). The monoisotopic (exact) mass is 204 g/mol. The predicted molar refractivity (Wildman–Crippen MR) is 66.5 cm³/mol. The minimum atomic E-state index is 0. The Morgan fingerprint density at radius 2 is 1.87 bits per heavy atom. The van der Waals surface area contributed by atoms with Crippen LogP contribution in [0.15, 0.2) is 29.3 Å². The minimum Gasteiger partial charge on any atom is -0.344 e. The van der Waals surface area contributed by atoms with Gasteiger partial charge >= 0.3 is 0 Å². The van der Waals surface area contributed by atoms with Gasteiger partial charge in [-0.05, 0) is 24.5 Å². The normalized spacial score (nSPS) is 23.0. The first kappa shape index (κ1) is 11.9. The molecule has 0 fully saturated rings. The largest absolute Gasteiger partial charge is 0.344 e. The third kappa shape index (κ3) is 1.59. The molecule has 1 heterocycles. The molecule has 0 radical (unpaired) electrons. The van der Waals surface area contributed by atoms with Crippen molar-refractivity contribution in [3.05, 3.63) is 29.8 Å². The van der Waals surface area contributed by atoms with E-state index in [9.17, 15) is 0 Å². The molecule has 0 saturated heterocycles. The number of hydrogen-bond acceptors (Lipinski definition) is 2. The van der Waals surface area contributed by atoms with Gasteiger partial charge in [-0.1, -0.05) is 39.0 Å². The average Bonchev–Trinajstić information content (AvgIpc) is 2.53. The number of benzene rings is 1. The van der Waals surface area contributed by atoms with Gasteiger partial charge in [-0.3, -0.25) is 4.99 Å². The highest BCUT2D eigenvalue weighted by atomic mass is 14.8. The van der Waals surface area contributed by atoms with Crippen molar-refractivity contribution >= 4 is 11.4 Å². The molecule has 3 N–H and O–H groups in total. The lowest BCUT2D eigenvalue weighted by Gasteiger charge is -2.25. The highest BCUT2D eigenvalue weighted by Gasteiger charge is 2.35. The summed E-state index contributed by atoms with van der Waals surface area (Å²) in [6.07, 6.45) is 2.19. The van der Waals surface area contributed by atoms with E-state index in [4.69, 9.17) is 4.99 Å². The SMILES string of the molecule is CCC1=Nc2ccccc2C1(C)CC.N. The van der Waals surface area contributed by atoms with Crippen molar-refractivity contribution in [2.45, 2.75) is 39.0 Å². The minimum absolute atomic E-state index is 0. The van der Waals surface area contributed by atoms with E-state index >= 15 is 0 Å². The van der Waals surface area contributed by atoms with Crippen LogP contribution in [0.5, 0.6) is 0 Å². The number of rotatable bonds is 2. The molecule has 0 aromatic heterocycles. The summed E-state index contributed by atoms with van der Waals surface area (Å²) < 4.78 is 0. The fourth-order valence-electron chi connectivity index (χ4n) is 2.33. The summed E-state index contributed by atoms with van der Waals surface area (Å²) in [4.78, 5) is 4.71. The van der Waals surface area contributed by atoms with E-state index in [2.05, 4.69) is 45.0 Å². The topological polar surface area (TPSA) is 47.4 Å². The van der Waals surface area contributed by atoms with E-state index < -0.39 is 0 Å². The fraction of sp³-hybridized carbons (Fsp3) is 0.462. The van der Waals surface area contributed by atoms with Crippen LogP contribution in [0.3, 0.4) is 0 Å². The van der Waals surface area contributed by atoms with E-state index in [1.807, 2.05) is 0 Å². The van der Waals surface area contributed by atoms with Crippen molar-refractivity contribution in [1.82, 2.24) is 6.15 Å². The Balaban J connectivity index is 0.00000112. The van der Waals surface area contributed by atoms with E-state index in [0.29, 0.717) is 0 Å². The number of fused-ring (bicyclic) bond motifs is 1. The van der Waals surface area contributed by atoms with Gasteiger partial charge in [0.15, 0.2) is 0 Å². The number of hydrogen-bond donors (Lipinski definition) is 1. The maximum Gasteiger partial charge on any atom is 0.0670 e. The first-order chi connectivity index (χ1) is 6.72. The Hall–Kier alpha value is -1.15. The summed E-state index contributed by atoms with van der Waals surface area (Å²) in [6, 6.07) is 8.51. The third-order valence-electron chi connectivity index (χ3n) is 3.43. The number of aliphatic imine (C=N–C) groups is 1. The zero-order chi connectivity index (χ0) is 10.2. The van der Waals surface area contributed by atoms with Crippen molar-refractivity contribution in [2.75, 3.05) is 0 Å². The summed E-state index contributed by atoms with van der Waals surface area (Å²) >= 11 is 0. The van der Waals surface area contributed by atoms with Crippen LogP contribution in [0.25, 0.3) is 0 Å². The quantitative estimate of drug-likeness (QED) is 0.777. The Morgan fingerprint density at radius 1 is 1.20 bits per heavy atom. The predicted octanol–water partition coefficient (Wildman–Crippen LogP) is 4.01. The lowest BCUT2D eigenvalue weighted by Crippen LogP contribution is -2.27. The first-order valence-corrected chi connectivity index (χ1v) is 5.40. The van der Waals surface area contributed by atoms with Gasteiger partial charge in [-0.25, -0.2) is 0 Å². The number of para-hydroxylation sites is 1. The van der Waals surface area contributed by atoms with Crippen LogP contribution in [0.2, 0.25) is 0 Å². The zero-order valence-electron chi connectivity index (χ0n) is 9.88. The van der Waals surface area contributed by atoms with Crippen LogP contribution < -0.4 is 6.15 Å². The molecule has 0 amide bonds. The smallest absolute Gasteiger partial charge is 0.0670 e. The van der Waals surface area contributed by atoms with Crippen molar-refractivity contribution in [2.24, 2.45) is 4.99 Å². The lowest BCUT2D eigenvalue weighted by atomic mass is 9.76. The van der Waals surface area contributed by atoms with Crippen LogP contribution >= 0.6 is 0 Å². The summed E-state index contributed by atoms with van der Waals surface area (Å²) in [7, 11) is 0. The Morgan fingerprint density at radius 3 is 2.47 bits per heavy atom. The van der Waals surface area contributed by atoms with Crippen LogP contribution in [0.1, 0.15) is 39.2 Å². The standard InChI is InChI=1S/C13H17N.H3N/c1-4-12-13(3,5-2)10-8-6-7-9-11(10)14-12;/h6-9H,4-5H2,1-3H3;1H3. The zero-order valence-corrected chi connectivity index (χ0v) is 9.88. The fourth-order valence-corrected chi connectivity index (χ4v) is 2.33. The van der Waals surface area contributed by atoms with Crippen LogP contribution in [0, 0.1) is 0 Å². The summed E-state index contributed by atoms with van der Waals surface area (Å²) in [6.45, 7) is 6.74. The van der Waals surface area contributed by atoms with Gasteiger partial charge in [0.05, 0.1) is 5.69 Å². The van der Waals surface area contributed by atoms with Crippen molar-refractivity contribution in [1.29, 1.82) is 0 Å². The average molecular weight is 204 g/mol. The van der Waals surface area contributed by atoms with Crippen LogP contribution in [-0.2, 0) is 5.41 Å². The molecule has 1 unspecified atom stereocenters. The molecule has 2 heteroatoms. The Kier molecular flexibility index (Phi) is 3.30. The number of nitrogens with zero attached hydrogens (tertiary/aromatic N) is 1. The molecule has 1 aromatic carbocycles. The highest BCUT2D eigenvalue weighted by molar-refractivity contribution is 6.01. The van der Waals surface area contributed by atoms with Gasteiger partial charge in [-0.2, -0.15) is 0 Å². The maximum atomic E-state index is 4.71. The molecule has 1 atom stereocenters.